The summed E-state index contributed by atoms with van der Waals surface area (Å²) in [7, 11) is 0. The summed E-state index contributed by atoms with van der Waals surface area (Å²) in [6.45, 7) is 7.10. The minimum absolute atomic E-state index is 0.0395. The van der Waals surface area contributed by atoms with Gasteiger partial charge in [-0.2, -0.15) is 0 Å². The second-order valence-corrected chi connectivity index (χ2v) is 9.73. The normalized spacial score (nSPS) is 19.0. The molecule has 3 heterocycles. The summed E-state index contributed by atoms with van der Waals surface area (Å²) in [6, 6.07) is 9.80. The van der Waals surface area contributed by atoms with Gasteiger partial charge in [0.25, 0.3) is 11.8 Å². The lowest BCUT2D eigenvalue weighted by atomic mass is 9.87. The van der Waals surface area contributed by atoms with Crippen LogP contribution in [-0.2, 0) is 19.8 Å². The predicted molar refractivity (Wildman–Crippen MR) is 131 cm³/mol. The Kier molecular flexibility index (Phi) is 6.77. The van der Waals surface area contributed by atoms with E-state index >= 15 is 0 Å². The van der Waals surface area contributed by atoms with E-state index in [2.05, 4.69) is 36.1 Å². The summed E-state index contributed by atoms with van der Waals surface area (Å²) in [4.78, 5) is 51.4. The maximum Gasteiger partial charge on any atom is 0.252 e. The molecule has 2 aromatic rings. The lowest BCUT2D eigenvalue weighted by Gasteiger charge is -2.37. The predicted octanol–water partition coefficient (Wildman–Crippen LogP) is 2.65. The monoisotopic (exact) mass is 461 g/mol. The first-order valence-electron chi connectivity index (χ1n) is 11.7. The number of carbonyl (C=O) groups excluding carboxylic acids is 3. The number of nitrogens with zero attached hydrogens (tertiary/aromatic N) is 4. The highest BCUT2D eigenvalue weighted by molar-refractivity contribution is 6.05. The standard InChI is InChI=1S/C26H31N5O3/c1-26(2,3)19-8-10-20(11-9-19)31(24(33)21-7-5-13-28-21)23(18-6-4-12-27-16-18)25(34)30-15-14-29-22(32)17-30/h4,6,8-13,16,21,23H,5,7,14-15,17H2,1-3H3,(H,29,32)/t21-,23?/m1/s1. The van der Waals surface area contributed by atoms with Gasteiger partial charge in [-0.1, -0.05) is 39.0 Å². The molecule has 0 spiro atoms. The zero-order valence-corrected chi connectivity index (χ0v) is 19.9. The molecule has 34 heavy (non-hydrogen) atoms. The summed E-state index contributed by atoms with van der Waals surface area (Å²) in [6.07, 6.45) is 6.33. The number of piperazine rings is 1. The van der Waals surface area contributed by atoms with Gasteiger partial charge in [0.15, 0.2) is 0 Å². The summed E-state index contributed by atoms with van der Waals surface area (Å²) >= 11 is 0. The maximum atomic E-state index is 13.9. The molecule has 2 aliphatic heterocycles. The molecule has 1 aromatic carbocycles. The number of aliphatic imine (C=N–C) groups is 1. The molecule has 4 rings (SSSR count). The molecule has 8 nitrogen and oxygen atoms in total. The van der Waals surface area contributed by atoms with E-state index in [0.29, 0.717) is 30.8 Å². The zero-order valence-electron chi connectivity index (χ0n) is 19.9. The van der Waals surface area contributed by atoms with Crippen LogP contribution in [0.5, 0.6) is 0 Å². The molecular weight excluding hydrogens is 430 g/mol. The number of benzene rings is 1. The highest BCUT2D eigenvalue weighted by Crippen LogP contribution is 2.33. The largest absolute Gasteiger partial charge is 0.353 e. The van der Waals surface area contributed by atoms with Gasteiger partial charge < -0.3 is 10.2 Å². The lowest BCUT2D eigenvalue weighted by Crippen LogP contribution is -2.54. The van der Waals surface area contributed by atoms with E-state index in [1.807, 2.05) is 24.3 Å². The van der Waals surface area contributed by atoms with Crippen LogP contribution in [0.1, 0.15) is 50.8 Å². The molecule has 0 bridgehead atoms. The first-order chi connectivity index (χ1) is 16.3. The van der Waals surface area contributed by atoms with Crippen molar-refractivity contribution in [3.8, 4) is 0 Å². The molecule has 2 atom stereocenters. The van der Waals surface area contributed by atoms with Gasteiger partial charge in [0, 0.05) is 36.7 Å². The Bertz CT molecular complexity index is 1080. The van der Waals surface area contributed by atoms with Crippen molar-refractivity contribution < 1.29 is 14.4 Å². The number of hydrogen-bond acceptors (Lipinski definition) is 5. The molecule has 2 aliphatic rings. The van der Waals surface area contributed by atoms with Gasteiger partial charge in [-0.15, -0.1) is 0 Å². The molecule has 1 saturated heterocycles. The first kappa shape index (κ1) is 23.6. The fourth-order valence-corrected chi connectivity index (χ4v) is 4.32. The van der Waals surface area contributed by atoms with Crippen molar-refractivity contribution in [1.82, 2.24) is 15.2 Å². The van der Waals surface area contributed by atoms with Gasteiger partial charge in [-0.3, -0.25) is 29.3 Å². The van der Waals surface area contributed by atoms with Crippen molar-refractivity contribution in [2.45, 2.75) is 51.1 Å². The summed E-state index contributed by atoms with van der Waals surface area (Å²) < 4.78 is 0. The van der Waals surface area contributed by atoms with Crippen LogP contribution in [-0.4, -0.2) is 59.5 Å². The maximum absolute atomic E-state index is 13.9. The number of amides is 3. The van der Waals surface area contributed by atoms with Crippen molar-refractivity contribution in [2.24, 2.45) is 4.99 Å². The number of aromatic nitrogens is 1. The Morgan fingerprint density at radius 3 is 2.53 bits per heavy atom. The van der Waals surface area contributed by atoms with Crippen LogP contribution in [0, 0.1) is 0 Å². The Balaban J connectivity index is 1.80. The van der Waals surface area contributed by atoms with Crippen LogP contribution in [0.4, 0.5) is 5.69 Å². The third-order valence-corrected chi connectivity index (χ3v) is 6.23. The fourth-order valence-electron chi connectivity index (χ4n) is 4.32. The summed E-state index contributed by atoms with van der Waals surface area (Å²) in [5.74, 6) is -0.753. The van der Waals surface area contributed by atoms with E-state index in [4.69, 9.17) is 0 Å². The lowest BCUT2D eigenvalue weighted by molar-refractivity contribution is -0.140. The molecule has 0 aliphatic carbocycles. The van der Waals surface area contributed by atoms with Gasteiger partial charge in [-0.25, -0.2) is 0 Å². The molecule has 0 radical (unpaired) electrons. The second kappa shape index (κ2) is 9.75. The van der Waals surface area contributed by atoms with Crippen LogP contribution in [0.15, 0.2) is 53.8 Å². The van der Waals surface area contributed by atoms with Gasteiger partial charge >= 0.3 is 0 Å². The quantitative estimate of drug-likeness (QED) is 0.741. The Morgan fingerprint density at radius 2 is 1.94 bits per heavy atom. The number of pyridine rings is 1. The fraction of sp³-hybridized carbons (Fsp3) is 0.423. The number of nitrogens with one attached hydrogen (secondary N) is 1. The minimum Gasteiger partial charge on any atom is -0.353 e. The average Bonchev–Trinajstić information content (AvgIpc) is 3.37. The second-order valence-electron chi connectivity index (χ2n) is 9.73. The number of carbonyl (C=O) groups is 3. The molecule has 8 heteroatoms. The summed E-state index contributed by atoms with van der Waals surface area (Å²) in [5.41, 5.74) is 2.28. The number of anilines is 1. The van der Waals surface area contributed by atoms with Crippen molar-refractivity contribution in [1.29, 1.82) is 0 Å². The van der Waals surface area contributed by atoms with Crippen LogP contribution in [0.25, 0.3) is 0 Å². The van der Waals surface area contributed by atoms with Crippen molar-refractivity contribution in [2.75, 3.05) is 24.5 Å². The van der Waals surface area contributed by atoms with E-state index in [1.54, 1.807) is 35.6 Å². The minimum atomic E-state index is -0.955. The van der Waals surface area contributed by atoms with Gasteiger partial charge in [-0.05, 0) is 48.2 Å². The SMILES string of the molecule is CC(C)(C)c1ccc(N(C(=O)[C@H]2CCC=N2)C(C(=O)N2CCNC(=O)C2)c2cccnc2)cc1. The molecular formula is C26H31N5O3. The number of rotatable bonds is 5. The zero-order chi connectivity index (χ0) is 24.3. The molecule has 1 N–H and O–H groups in total. The van der Waals surface area contributed by atoms with Crippen LogP contribution >= 0.6 is 0 Å². The van der Waals surface area contributed by atoms with Gasteiger partial charge in [0.2, 0.25) is 5.91 Å². The molecule has 1 fully saturated rings. The van der Waals surface area contributed by atoms with Gasteiger partial charge in [0.1, 0.15) is 12.1 Å². The Hall–Kier alpha value is -3.55. The first-order valence-corrected chi connectivity index (χ1v) is 11.7. The number of hydrogen-bond donors (Lipinski definition) is 1. The smallest absolute Gasteiger partial charge is 0.252 e. The van der Waals surface area contributed by atoms with Gasteiger partial charge in [0.05, 0.1) is 6.54 Å². The van der Waals surface area contributed by atoms with Crippen molar-refractivity contribution >= 4 is 29.6 Å². The van der Waals surface area contributed by atoms with E-state index in [0.717, 1.165) is 12.0 Å². The molecule has 3 amide bonds. The average molecular weight is 462 g/mol. The highest BCUT2D eigenvalue weighted by Gasteiger charge is 2.39. The highest BCUT2D eigenvalue weighted by atomic mass is 16.2. The topological polar surface area (TPSA) is 95.0 Å². The Morgan fingerprint density at radius 1 is 1.18 bits per heavy atom. The van der Waals surface area contributed by atoms with Crippen molar-refractivity contribution in [3.63, 3.8) is 0 Å². The van der Waals surface area contributed by atoms with Crippen LogP contribution in [0.3, 0.4) is 0 Å². The molecule has 1 aromatic heterocycles. The molecule has 0 saturated carbocycles. The van der Waals surface area contributed by atoms with E-state index in [9.17, 15) is 14.4 Å². The third-order valence-electron chi connectivity index (χ3n) is 6.23. The summed E-state index contributed by atoms with van der Waals surface area (Å²) in [5, 5.41) is 2.75. The molecule has 178 valence electrons. The van der Waals surface area contributed by atoms with Crippen LogP contribution < -0.4 is 10.2 Å². The molecule has 1 unspecified atom stereocenters. The van der Waals surface area contributed by atoms with Crippen molar-refractivity contribution in [3.05, 3.63) is 59.9 Å². The Labute approximate surface area is 200 Å². The van der Waals surface area contributed by atoms with E-state index in [1.165, 1.54) is 4.90 Å². The van der Waals surface area contributed by atoms with Crippen LogP contribution in [0.2, 0.25) is 0 Å². The van der Waals surface area contributed by atoms with E-state index in [-0.39, 0.29) is 29.7 Å². The third kappa shape index (κ3) is 5.00. The van der Waals surface area contributed by atoms with E-state index < -0.39 is 12.1 Å².